The molecule has 1 atom stereocenters. The molecule has 0 bridgehead atoms. The zero-order chi connectivity index (χ0) is 47.1. The van der Waals surface area contributed by atoms with Crippen molar-refractivity contribution in [2.75, 3.05) is 16.3 Å². The van der Waals surface area contributed by atoms with Crippen LogP contribution < -0.4 is 14.5 Å². The monoisotopic (exact) mass is 879 g/mol. The number of benzene rings is 6. The standard InChI is InChI=1S/C56H53N3O7/c1-11-15-29(12-2)28-57-48(60)35-20-22-37-45-38(23-21-36(44(35)45)49(57)61)53(65)59(52(37)64)42-27-32(55(6,7)8)25-40-47(42)66-46-39(56(40,9)10)24-31(54(3,4)5)26-41(46)58-50(62)33-18-13-16-30-17-14-19-34(43(30)33)51(58)63/h13-14,16-27,29H,11-12,15,28H2,1-10H3. The van der Waals surface area contributed by atoms with Gasteiger partial charge in [-0.1, -0.05) is 118 Å². The molecule has 6 amide bonds. The Morgan fingerprint density at radius 2 is 0.924 bits per heavy atom. The third kappa shape index (κ3) is 6.06. The summed E-state index contributed by atoms with van der Waals surface area (Å²) in [7, 11) is 0. The van der Waals surface area contributed by atoms with Crippen molar-refractivity contribution in [2.45, 2.75) is 105 Å². The van der Waals surface area contributed by atoms with Gasteiger partial charge in [-0.05, 0) is 88.2 Å². The van der Waals surface area contributed by atoms with Gasteiger partial charge in [0, 0.05) is 72.6 Å². The number of rotatable bonds is 7. The zero-order valence-electron chi connectivity index (χ0n) is 39.2. The smallest absolute Gasteiger partial charge is 0.266 e. The van der Waals surface area contributed by atoms with Crippen LogP contribution in [0.25, 0.3) is 21.5 Å². The van der Waals surface area contributed by atoms with Crippen molar-refractivity contribution in [3.05, 3.63) is 141 Å². The van der Waals surface area contributed by atoms with Crippen LogP contribution in [0.15, 0.2) is 84.9 Å². The van der Waals surface area contributed by atoms with Crippen molar-refractivity contribution in [1.29, 1.82) is 0 Å². The SMILES string of the molecule is CCCC(CC)CN1C(=O)c2ccc3c4c(ccc(c24)C1=O)C(=O)N(c1cc(C(C)(C)C)cc2c1Oc1c(N4C(=O)c5cccc6cccc(c56)C4=O)cc(C(C)(C)C)cc1C2(C)C)C3=O. The topological polar surface area (TPSA) is 121 Å². The molecule has 6 aromatic carbocycles. The van der Waals surface area contributed by atoms with Crippen LogP contribution in [0, 0.1) is 5.92 Å². The van der Waals surface area contributed by atoms with Crippen LogP contribution in [0.2, 0.25) is 0 Å². The lowest BCUT2D eigenvalue weighted by molar-refractivity contribution is 0.0578. The minimum Gasteiger partial charge on any atom is -0.452 e. The number of hydrogen-bond donors (Lipinski definition) is 0. The third-order valence-corrected chi connectivity index (χ3v) is 14.4. The van der Waals surface area contributed by atoms with Crippen LogP contribution >= 0.6 is 0 Å². The second kappa shape index (κ2) is 14.5. The van der Waals surface area contributed by atoms with Crippen molar-refractivity contribution in [3.63, 3.8) is 0 Å². The first kappa shape index (κ1) is 43.0. The molecule has 334 valence electrons. The fourth-order valence-corrected chi connectivity index (χ4v) is 10.5. The Morgan fingerprint density at radius 1 is 0.530 bits per heavy atom. The average Bonchev–Trinajstić information content (AvgIpc) is 3.27. The minimum absolute atomic E-state index is 0.145. The maximum absolute atomic E-state index is 15.2. The fourth-order valence-electron chi connectivity index (χ4n) is 10.5. The van der Waals surface area contributed by atoms with Crippen molar-refractivity contribution >= 4 is 68.4 Å². The van der Waals surface area contributed by atoms with Gasteiger partial charge in [0.2, 0.25) is 0 Å². The second-order valence-electron chi connectivity index (χ2n) is 20.9. The van der Waals surface area contributed by atoms with Gasteiger partial charge in [0.1, 0.15) is 0 Å². The Morgan fingerprint density at radius 3 is 1.30 bits per heavy atom. The van der Waals surface area contributed by atoms with Crippen molar-refractivity contribution in [2.24, 2.45) is 5.92 Å². The minimum atomic E-state index is -0.865. The molecule has 4 aliphatic rings. The molecule has 0 aliphatic carbocycles. The van der Waals surface area contributed by atoms with E-state index in [0.29, 0.717) is 27.5 Å². The second-order valence-corrected chi connectivity index (χ2v) is 20.9. The highest BCUT2D eigenvalue weighted by atomic mass is 16.5. The number of carbonyl (C=O) groups is 6. The quantitative estimate of drug-likeness (QED) is 0.146. The highest BCUT2D eigenvalue weighted by molar-refractivity contribution is 6.40. The van der Waals surface area contributed by atoms with E-state index >= 15 is 9.59 Å². The van der Waals surface area contributed by atoms with Crippen molar-refractivity contribution in [1.82, 2.24) is 4.90 Å². The number of carbonyl (C=O) groups excluding carboxylic acids is 6. The van der Waals surface area contributed by atoms with E-state index in [-0.39, 0.29) is 63.0 Å². The highest BCUT2D eigenvalue weighted by Gasteiger charge is 2.47. The van der Waals surface area contributed by atoms with Crippen LogP contribution in [0.1, 0.15) is 173 Å². The third-order valence-electron chi connectivity index (χ3n) is 14.4. The van der Waals surface area contributed by atoms with Gasteiger partial charge in [0.15, 0.2) is 11.5 Å². The molecule has 0 radical (unpaired) electrons. The summed E-state index contributed by atoms with van der Waals surface area (Å²) in [5.74, 6) is -2.48. The summed E-state index contributed by atoms with van der Waals surface area (Å²) in [6, 6.07) is 25.0. The summed E-state index contributed by atoms with van der Waals surface area (Å²) in [5.41, 5.74) is 3.58. The molecule has 10 heteroatoms. The normalized spacial score (nSPS) is 16.8. The number of fused-ring (bicyclic) bond motifs is 2. The number of ether oxygens (including phenoxy) is 1. The van der Waals surface area contributed by atoms with Gasteiger partial charge in [-0.2, -0.15) is 0 Å². The molecule has 0 spiro atoms. The number of imide groups is 3. The molecule has 0 aromatic heterocycles. The summed E-state index contributed by atoms with van der Waals surface area (Å²) in [6.07, 6.45) is 2.61. The molecule has 6 aromatic rings. The maximum atomic E-state index is 15.2. The molecule has 10 rings (SSSR count). The summed E-state index contributed by atoms with van der Waals surface area (Å²) in [5, 5.41) is 1.97. The first-order valence-electron chi connectivity index (χ1n) is 23.0. The van der Waals surface area contributed by atoms with E-state index in [1.165, 1.54) is 9.80 Å². The average molecular weight is 880 g/mol. The molecule has 66 heavy (non-hydrogen) atoms. The Labute approximate surface area is 384 Å². The molecule has 0 N–H and O–H groups in total. The Hall–Kier alpha value is -6.94. The molecule has 4 aliphatic heterocycles. The van der Waals surface area contributed by atoms with E-state index < -0.39 is 51.7 Å². The predicted molar refractivity (Wildman–Crippen MR) is 257 cm³/mol. The largest absolute Gasteiger partial charge is 0.452 e. The lowest BCUT2D eigenvalue weighted by Gasteiger charge is -2.41. The molecular weight excluding hydrogens is 827 g/mol. The van der Waals surface area contributed by atoms with Crippen molar-refractivity contribution < 1.29 is 33.5 Å². The number of amides is 6. The van der Waals surface area contributed by atoms with Gasteiger partial charge in [-0.15, -0.1) is 0 Å². The molecule has 4 heterocycles. The van der Waals surface area contributed by atoms with Gasteiger partial charge in [-0.3, -0.25) is 33.7 Å². The summed E-state index contributed by atoms with van der Waals surface area (Å²) >= 11 is 0. The van der Waals surface area contributed by atoms with E-state index in [4.69, 9.17) is 4.74 Å². The molecule has 0 saturated carbocycles. The number of anilines is 2. The van der Waals surface area contributed by atoms with E-state index in [2.05, 4.69) is 81.4 Å². The van der Waals surface area contributed by atoms with Gasteiger partial charge in [-0.25, -0.2) is 9.80 Å². The molecule has 0 fully saturated rings. The fraction of sp³-hybridized carbons (Fsp3) is 0.321. The maximum Gasteiger partial charge on any atom is 0.266 e. The molecule has 1 unspecified atom stereocenters. The van der Waals surface area contributed by atoms with Gasteiger partial charge >= 0.3 is 0 Å². The molecular formula is C56H53N3O7. The van der Waals surface area contributed by atoms with Crippen LogP contribution in [0.5, 0.6) is 11.5 Å². The first-order chi connectivity index (χ1) is 31.2. The highest BCUT2D eigenvalue weighted by Crippen LogP contribution is 2.57. The first-order valence-corrected chi connectivity index (χ1v) is 23.0. The Kier molecular flexibility index (Phi) is 9.46. The Bertz CT molecular complexity index is 3110. The van der Waals surface area contributed by atoms with Crippen LogP contribution in [-0.2, 0) is 16.2 Å². The predicted octanol–water partition coefficient (Wildman–Crippen LogP) is 12.0. The number of nitrogens with zero attached hydrogens (tertiary/aromatic N) is 3. The Balaban J connectivity index is 1.16. The summed E-state index contributed by atoms with van der Waals surface area (Å²) < 4.78 is 7.11. The summed E-state index contributed by atoms with van der Waals surface area (Å²) in [6.45, 7) is 20.9. The van der Waals surface area contributed by atoms with E-state index in [1.54, 1.807) is 36.4 Å². The van der Waals surface area contributed by atoms with Gasteiger partial charge < -0.3 is 4.74 Å². The van der Waals surface area contributed by atoms with E-state index in [9.17, 15) is 19.2 Å². The number of hydrogen-bond acceptors (Lipinski definition) is 7. The van der Waals surface area contributed by atoms with Crippen LogP contribution in [-0.4, -0.2) is 46.9 Å². The van der Waals surface area contributed by atoms with E-state index in [0.717, 1.165) is 46.2 Å². The van der Waals surface area contributed by atoms with Crippen LogP contribution in [0.4, 0.5) is 11.4 Å². The molecule has 0 saturated heterocycles. The zero-order valence-corrected chi connectivity index (χ0v) is 39.2. The molecule has 10 nitrogen and oxygen atoms in total. The van der Waals surface area contributed by atoms with Gasteiger partial charge in [0.25, 0.3) is 35.4 Å². The lowest BCUT2D eigenvalue weighted by Crippen LogP contribution is -2.45. The van der Waals surface area contributed by atoms with Crippen LogP contribution in [0.3, 0.4) is 0 Å². The van der Waals surface area contributed by atoms with E-state index in [1.807, 2.05) is 36.4 Å². The van der Waals surface area contributed by atoms with Crippen molar-refractivity contribution in [3.8, 4) is 11.5 Å². The van der Waals surface area contributed by atoms with Gasteiger partial charge in [0.05, 0.1) is 11.4 Å². The lowest BCUT2D eigenvalue weighted by atomic mass is 9.71. The summed E-state index contributed by atoms with van der Waals surface area (Å²) in [4.78, 5) is 91.9.